The summed E-state index contributed by atoms with van der Waals surface area (Å²) in [5.74, 6) is -0.556. The molecule has 1 rings (SSSR count). The first-order chi connectivity index (χ1) is 11.3. The molecule has 25 heavy (non-hydrogen) atoms. The van der Waals surface area contributed by atoms with E-state index in [9.17, 15) is 22.8 Å². The van der Waals surface area contributed by atoms with E-state index in [-0.39, 0.29) is 29.6 Å². The van der Waals surface area contributed by atoms with Crippen LogP contribution >= 0.6 is 0 Å². The lowest BCUT2D eigenvalue weighted by Gasteiger charge is -2.24. The molecule has 0 aromatic heterocycles. The number of carbonyl (C=O) groups excluding carboxylic acids is 2. The molecule has 0 saturated carbocycles. The standard InChI is InChI=1S/C17H24F3N3O2/c1-11(23(5)10-14(24)22-16(2,3)4)15(25)21-13-8-6-12(7-9-13)17(18,19)20/h6-9,11H,10H2,1-5H3,(H,21,25)(H,22,24)/p+1/t11-/m0/s1. The van der Waals surface area contributed by atoms with Crippen LogP contribution in [0.2, 0.25) is 0 Å². The van der Waals surface area contributed by atoms with Crippen molar-refractivity contribution in [2.24, 2.45) is 0 Å². The van der Waals surface area contributed by atoms with Crippen LogP contribution in [0, 0.1) is 0 Å². The lowest BCUT2D eigenvalue weighted by atomic mass is 10.1. The molecule has 0 saturated heterocycles. The third-order valence-electron chi connectivity index (χ3n) is 3.57. The Bertz CT molecular complexity index is 607. The second-order valence-corrected chi connectivity index (χ2v) is 7.11. The van der Waals surface area contributed by atoms with E-state index in [2.05, 4.69) is 10.6 Å². The SMILES string of the molecule is C[C@@H](C(=O)Nc1ccc(C(F)(F)F)cc1)[NH+](C)CC(=O)NC(C)(C)C. The normalized spacial score (nSPS) is 14.6. The van der Waals surface area contributed by atoms with E-state index in [1.165, 1.54) is 12.1 Å². The number of amides is 2. The first kappa shape index (κ1) is 21.0. The van der Waals surface area contributed by atoms with Gasteiger partial charge < -0.3 is 15.5 Å². The average molecular weight is 360 g/mol. The van der Waals surface area contributed by atoms with Crippen molar-refractivity contribution >= 4 is 17.5 Å². The maximum absolute atomic E-state index is 12.5. The third-order valence-corrected chi connectivity index (χ3v) is 3.57. The molecular formula is C17H25F3N3O2+. The Morgan fingerprint density at radius 1 is 1.12 bits per heavy atom. The van der Waals surface area contributed by atoms with E-state index in [4.69, 9.17) is 0 Å². The van der Waals surface area contributed by atoms with Gasteiger partial charge in [-0.3, -0.25) is 9.59 Å². The number of hydrogen-bond acceptors (Lipinski definition) is 2. The van der Waals surface area contributed by atoms with Gasteiger partial charge >= 0.3 is 6.18 Å². The zero-order chi connectivity index (χ0) is 19.4. The van der Waals surface area contributed by atoms with Crippen molar-refractivity contribution in [3.05, 3.63) is 29.8 Å². The van der Waals surface area contributed by atoms with Gasteiger partial charge in [-0.15, -0.1) is 0 Å². The van der Waals surface area contributed by atoms with Crippen LogP contribution in [0.25, 0.3) is 0 Å². The molecule has 0 aliphatic rings. The topological polar surface area (TPSA) is 62.6 Å². The fourth-order valence-electron chi connectivity index (χ4n) is 2.09. The Labute approximate surface area is 145 Å². The summed E-state index contributed by atoms with van der Waals surface area (Å²) in [5, 5.41) is 5.38. The molecule has 5 nitrogen and oxygen atoms in total. The maximum atomic E-state index is 12.5. The van der Waals surface area contributed by atoms with Crippen molar-refractivity contribution in [3.63, 3.8) is 0 Å². The highest BCUT2D eigenvalue weighted by atomic mass is 19.4. The average Bonchev–Trinajstić information content (AvgIpc) is 2.43. The van der Waals surface area contributed by atoms with E-state index in [1.807, 2.05) is 20.8 Å². The molecule has 3 N–H and O–H groups in total. The van der Waals surface area contributed by atoms with E-state index in [0.717, 1.165) is 12.1 Å². The largest absolute Gasteiger partial charge is 0.416 e. The van der Waals surface area contributed by atoms with Crippen LogP contribution in [0.1, 0.15) is 33.3 Å². The van der Waals surface area contributed by atoms with Crippen molar-refractivity contribution in [2.45, 2.75) is 45.5 Å². The fraction of sp³-hybridized carbons (Fsp3) is 0.529. The predicted octanol–water partition coefficient (Wildman–Crippen LogP) is 1.46. The molecule has 0 radical (unpaired) electrons. The number of halogens is 3. The molecule has 0 spiro atoms. The highest BCUT2D eigenvalue weighted by Crippen LogP contribution is 2.29. The van der Waals surface area contributed by atoms with Crippen molar-refractivity contribution in [3.8, 4) is 0 Å². The highest BCUT2D eigenvalue weighted by Gasteiger charge is 2.30. The number of alkyl halides is 3. The molecule has 1 aromatic carbocycles. The summed E-state index contributed by atoms with van der Waals surface area (Å²) in [5.41, 5.74) is -0.861. The Morgan fingerprint density at radius 2 is 1.64 bits per heavy atom. The predicted molar refractivity (Wildman–Crippen MR) is 89.2 cm³/mol. The molecule has 2 atom stereocenters. The summed E-state index contributed by atoms with van der Waals surface area (Å²) in [6.07, 6.45) is -4.42. The summed E-state index contributed by atoms with van der Waals surface area (Å²) in [4.78, 5) is 24.8. The van der Waals surface area contributed by atoms with Gasteiger partial charge in [0.25, 0.3) is 11.8 Å². The van der Waals surface area contributed by atoms with E-state index < -0.39 is 17.8 Å². The van der Waals surface area contributed by atoms with Crippen LogP contribution < -0.4 is 15.5 Å². The molecule has 0 aliphatic carbocycles. The molecule has 0 aliphatic heterocycles. The second-order valence-electron chi connectivity index (χ2n) is 7.11. The molecular weight excluding hydrogens is 335 g/mol. The maximum Gasteiger partial charge on any atom is 0.416 e. The van der Waals surface area contributed by atoms with Crippen LogP contribution in [0.5, 0.6) is 0 Å². The number of anilines is 1. The Hall–Kier alpha value is -2.09. The van der Waals surface area contributed by atoms with Crippen LogP contribution in [-0.2, 0) is 15.8 Å². The number of likely N-dealkylation sites (N-methyl/N-ethyl adjacent to an activating group) is 1. The zero-order valence-electron chi connectivity index (χ0n) is 15.0. The van der Waals surface area contributed by atoms with Gasteiger partial charge in [0.1, 0.15) is 0 Å². The molecule has 1 aromatic rings. The molecule has 8 heteroatoms. The van der Waals surface area contributed by atoms with Crippen LogP contribution in [0.3, 0.4) is 0 Å². The van der Waals surface area contributed by atoms with Crippen molar-refractivity contribution in [1.82, 2.24) is 5.32 Å². The smallest absolute Gasteiger partial charge is 0.347 e. The Kier molecular flexibility index (Phi) is 6.59. The van der Waals surface area contributed by atoms with Gasteiger partial charge in [0.2, 0.25) is 0 Å². The number of carbonyl (C=O) groups is 2. The number of nitrogens with one attached hydrogen (secondary N) is 3. The monoisotopic (exact) mass is 360 g/mol. The first-order valence-electron chi connectivity index (χ1n) is 7.91. The quantitative estimate of drug-likeness (QED) is 0.745. The van der Waals surface area contributed by atoms with Crippen molar-refractivity contribution in [2.75, 3.05) is 18.9 Å². The third kappa shape index (κ3) is 7.13. The molecule has 1 unspecified atom stereocenters. The second kappa shape index (κ2) is 7.86. The van der Waals surface area contributed by atoms with Crippen LogP contribution in [0.15, 0.2) is 24.3 Å². The Morgan fingerprint density at radius 3 is 2.08 bits per heavy atom. The summed E-state index contributed by atoms with van der Waals surface area (Å²) in [7, 11) is 1.71. The van der Waals surface area contributed by atoms with Gasteiger partial charge in [-0.05, 0) is 52.0 Å². The van der Waals surface area contributed by atoms with Gasteiger partial charge in [-0.1, -0.05) is 0 Å². The van der Waals surface area contributed by atoms with E-state index >= 15 is 0 Å². The summed E-state index contributed by atoms with van der Waals surface area (Å²) >= 11 is 0. The first-order valence-corrected chi connectivity index (χ1v) is 7.91. The van der Waals surface area contributed by atoms with Crippen LogP contribution in [0.4, 0.5) is 18.9 Å². The minimum absolute atomic E-state index is 0.110. The molecule has 0 heterocycles. The molecule has 2 amide bonds. The molecule has 0 fully saturated rings. The van der Waals surface area contributed by atoms with Crippen molar-refractivity contribution < 1.29 is 27.7 Å². The number of hydrogen-bond donors (Lipinski definition) is 3. The van der Waals surface area contributed by atoms with Gasteiger partial charge in [0.05, 0.1) is 12.6 Å². The fourth-order valence-corrected chi connectivity index (χ4v) is 2.09. The Balaban J connectivity index is 2.62. The zero-order valence-corrected chi connectivity index (χ0v) is 15.0. The number of benzene rings is 1. The summed E-state index contributed by atoms with van der Waals surface area (Å²) in [6, 6.07) is 3.68. The summed E-state index contributed by atoms with van der Waals surface area (Å²) < 4.78 is 37.6. The minimum Gasteiger partial charge on any atom is -0.347 e. The van der Waals surface area contributed by atoms with Gasteiger partial charge in [-0.2, -0.15) is 13.2 Å². The van der Waals surface area contributed by atoms with E-state index in [0.29, 0.717) is 4.90 Å². The van der Waals surface area contributed by atoms with Crippen LogP contribution in [-0.4, -0.2) is 37.0 Å². The lowest BCUT2D eigenvalue weighted by molar-refractivity contribution is -0.885. The van der Waals surface area contributed by atoms with E-state index in [1.54, 1.807) is 14.0 Å². The van der Waals surface area contributed by atoms with Gasteiger partial charge in [0, 0.05) is 11.2 Å². The molecule has 0 bridgehead atoms. The highest BCUT2D eigenvalue weighted by molar-refractivity contribution is 5.93. The summed E-state index contributed by atoms with van der Waals surface area (Å²) in [6.45, 7) is 7.35. The van der Waals surface area contributed by atoms with Crippen molar-refractivity contribution in [1.29, 1.82) is 0 Å². The van der Waals surface area contributed by atoms with Gasteiger partial charge in [-0.25, -0.2) is 0 Å². The number of rotatable bonds is 5. The number of quaternary nitrogens is 1. The molecule has 140 valence electrons. The minimum atomic E-state index is -4.42. The van der Waals surface area contributed by atoms with Gasteiger partial charge in [0.15, 0.2) is 12.6 Å². The lowest BCUT2D eigenvalue weighted by Crippen LogP contribution is -3.15.